The van der Waals surface area contributed by atoms with Crippen molar-refractivity contribution in [3.8, 4) is 0 Å². The van der Waals surface area contributed by atoms with Crippen LogP contribution in [0.1, 0.15) is 37.7 Å². The first-order chi connectivity index (χ1) is 6.84. The van der Waals surface area contributed by atoms with E-state index in [1.54, 1.807) is 12.1 Å². The van der Waals surface area contributed by atoms with Crippen LogP contribution in [-0.4, -0.2) is 0 Å². The Balaban J connectivity index is 2.15. The summed E-state index contributed by atoms with van der Waals surface area (Å²) in [6.45, 7) is 0. The average Bonchev–Trinajstić information content (AvgIpc) is 2.19. The van der Waals surface area contributed by atoms with Crippen molar-refractivity contribution in [2.75, 3.05) is 0 Å². The van der Waals surface area contributed by atoms with Gasteiger partial charge >= 0.3 is 0 Å². The van der Waals surface area contributed by atoms with Gasteiger partial charge in [-0.2, -0.15) is 0 Å². The molecule has 2 rings (SSSR count). The van der Waals surface area contributed by atoms with E-state index in [4.69, 9.17) is 0 Å². The van der Waals surface area contributed by atoms with Crippen LogP contribution in [0.5, 0.6) is 0 Å². The predicted octanol–water partition coefficient (Wildman–Crippen LogP) is 4.17. The molecule has 1 fully saturated rings. The number of halogens is 1. The number of hydrogen-bond acceptors (Lipinski definition) is 0. The van der Waals surface area contributed by atoms with Crippen molar-refractivity contribution in [1.82, 2.24) is 0 Å². The van der Waals surface area contributed by atoms with Gasteiger partial charge in [0.05, 0.1) is 0 Å². The highest BCUT2D eigenvalue weighted by atomic mass is 19.1. The maximum atomic E-state index is 12.9. The molecule has 1 aromatic rings. The molecule has 0 heterocycles. The molecule has 0 atom stereocenters. The zero-order valence-corrected chi connectivity index (χ0v) is 8.30. The highest BCUT2D eigenvalue weighted by Gasteiger charge is 2.04. The molecule has 0 radical (unpaired) electrons. The number of hydrogen-bond donors (Lipinski definition) is 0. The fourth-order valence-electron chi connectivity index (χ4n) is 1.98. The van der Waals surface area contributed by atoms with E-state index >= 15 is 0 Å². The Labute approximate surface area is 84.5 Å². The van der Waals surface area contributed by atoms with Gasteiger partial charge in [-0.1, -0.05) is 30.2 Å². The van der Waals surface area contributed by atoms with Crippen molar-refractivity contribution in [3.05, 3.63) is 41.2 Å². The van der Waals surface area contributed by atoms with Crippen LogP contribution in [0.2, 0.25) is 0 Å². The lowest BCUT2D eigenvalue weighted by atomic mass is 9.93. The third-order valence-electron chi connectivity index (χ3n) is 2.72. The molecule has 0 bridgehead atoms. The summed E-state index contributed by atoms with van der Waals surface area (Å²) >= 11 is 0. The normalized spacial score (nSPS) is 16.8. The molecule has 0 unspecified atom stereocenters. The van der Waals surface area contributed by atoms with E-state index in [9.17, 15) is 4.39 Å². The topological polar surface area (TPSA) is 0 Å². The maximum absolute atomic E-state index is 12.9. The van der Waals surface area contributed by atoms with Gasteiger partial charge in [0.15, 0.2) is 0 Å². The minimum Gasteiger partial charge on any atom is -0.207 e. The standard InChI is InChI=1S/C13H15F/c14-13-8-4-7-12(10-13)9-11-5-2-1-3-6-11/h4,7-10H,1-3,5-6H2. The van der Waals surface area contributed by atoms with E-state index in [-0.39, 0.29) is 5.82 Å². The molecule has 0 amide bonds. The number of allylic oxidation sites excluding steroid dienone is 1. The Kier molecular flexibility index (Phi) is 2.97. The first-order valence-electron chi connectivity index (χ1n) is 5.29. The van der Waals surface area contributed by atoms with E-state index in [1.165, 1.54) is 43.7 Å². The minimum absolute atomic E-state index is 0.143. The van der Waals surface area contributed by atoms with Gasteiger partial charge in [0.25, 0.3) is 0 Å². The van der Waals surface area contributed by atoms with Crippen LogP contribution in [-0.2, 0) is 0 Å². The summed E-state index contributed by atoms with van der Waals surface area (Å²) in [6, 6.07) is 6.82. The fraction of sp³-hybridized carbons (Fsp3) is 0.385. The summed E-state index contributed by atoms with van der Waals surface area (Å²) in [7, 11) is 0. The minimum atomic E-state index is -0.143. The first-order valence-corrected chi connectivity index (χ1v) is 5.29. The van der Waals surface area contributed by atoms with E-state index in [2.05, 4.69) is 6.08 Å². The molecule has 1 aliphatic carbocycles. The molecule has 0 spiro atoms. The van der Waals surface area contributed by atoms with Gasteiger partial charge in [0.1, 0.15) is 5.82 Å². The van der Waals surface area contributed by atoms with E-state index in [0.29, 0.717) is 0 Å². The Hall–Kier alpha value is -1.11. The van der Waals surface area contributed by atoms with E-state index in [1.807, 2.05) is 6.07 Å². The largest absolute Gasteiger partial charge is 0.207 e. The smallest absolute Gasteiger partial charge is 0.123 e. The second-order valence-electron chi connectivity index (χ2n) is 3.92. The van der Waals surface area contributed by atoms with Crippen molar-refractivity contribution in [3.63, 3.8) is 0 Å². The molecule has 0 nitrogen and oxygen atoms in total. The van der Waals surface area contributed by atoms with Crippen molar-refractivity contribution in [2.45, 2.75) is 32.1 Å². The molecule has 0 aromatic heterocycles. The van der Waals surface area contributed by atoms with Crippen LogP contribution in [0, 0.1) is 5.82 Å². The average molecular weight is 190 g/mol. The summed E-state index contributed by atoms with van der Waals surface area (Å²) in [4.78, 5) is 0. The molecular formula is C13H15F. The zero-order valence-electron chi connectivity index (χ0n) is 8.30. The van der Waals surface area contributed by atoms with E-state index < -0.39 is 0 Å². The highest BCUT2D eigenvalue weighted by Crippen LogP contribution is 2.24. The molecule has 0 N–H and O–H groups in total. The number of rotatable bonds is 1. The third-order valence-corrected chi connectivity index (χ3v) is 2.72. The SMILES string of the molecule is Fc1cccc(C=C2CCCCC2)c1. The lowest BCUT2D eigenvalue weighted by molar-refractivity contribution is 0.602. The quantitative estimate of drug-likeness (QED) is 0.623. The van der Waals surface area contributed by atoms with Crippen molar-refractivity contribution in [1.29, 1.82) is 0 Å². The van der Waals surface area contributed by atoms with Crippen molar-refractivity contribution < 1.29 is 4.39 Å². The van der Waals surface area contributed by atoms with Crippen LogP contribution < -0.4 is 0 Å². The van der Waals surface area contributed by atoms with Crippen molar-refractivity contribution in [2.24, 2.45) is 0 Å². The van der Waals surface area contributed by atoms with Crippen LogP contribution in [0.3, 0.4) is 0 Å². The lowest BCUT2D eigenvalue weighted by Crippen LogP contribution is -1.93. The second-order valence-corrected chi connectivity index (χ2v) is 3.92. The zero-order chi connectivity index (χ0) is 9.80. The van der Waals surface area contributed by atoms with Gasteiger partial charge in [0, 0.05) is 0 Å². The Bertz CT molecular complexity index is 331. The third kappa shape index (κ3) is 2.44. The molecule has 0 saturated heterocycles. The van der Waals surface area contributed by atoms with Gasteiger partial charge < -0.3 is 0 Å². The molecule has 0 aliphatic heterocycles. The van der Waals surface area contributed by atoms with Gasteiger partial charge in [-0.25, -0.2) is 4.39 Å². The molecule has 1 aromatic carbocycles. The summed E-state index contributed by atoms with van der Waals surface area (Å²) < 4.78 is 12.9. The molecule has 14 heavy (non-hydrogen) atoms. The molecular weight excluding hydrogens is 175 g/mol. The van der Waals surface area contributed by atoms with E-state index in [0.717, 1.165) is 5.56 Å². The molecule has 1 saturated carbocycles. The van der Waals surface area contributed by atoms with Gasteiger partial charge in [-0.3, -0.25) is 0 Å². The second kappa shape index (κ2) is 4.41. The Morgan fingerprint density at radius 2 is 1.86 bits per heavy atom. The number of benzene rings is 1. The Morgan fingerprint density at radius 1 is 1.07 bits per heavy atom. The maximum Gasteiger partial charge on any atom is 0.123 e. The summed E-state index contributed by atoms with van der Waals surface area (Å²) in [5, 5.41) is 0. The highest BCUT2D eigenvalue weighted by molar-refractivity contribution is 5.52. The molecule has 1 heteroatoms. The van der Waals surface area contributed by atoms with Crippen LogP contribution in [0.15, 0.2) is 29.8 Å². The molecule has 1 aliphatic rings. The van der Waals surface area contributed by atoms with Crippen LogP contribution >= 0.6 is 0 Å². The predicted molar refractivity (Wildman–Crippen MR) is 57.5 cm³/mol. The molecule has 74 valence electrons. The summed E-state index contributed by atoms with van der Waals surface area (Å²) in [5.41, 5.74) is 2.48. The Morgan fingerprint density at radius 3 is 2.57 bits per heavy atom. The van der Waals surface area contributed by atoms with Crippen molar-refractivity contribution >= 4 is 6.08 Å². The van der Waals surface area contributed by atoms with Crippen LogP contribution in [0.4, 0.5) is 4.39 Å². The lowest BCUT2D eigenvalue weighted by Gasteiger charge is -2.13. The fourth-order valence-corrected chi connectivity index (χ4v) is 1.98. The first kappa shape index (κ1) is 9.45. The summed E-state index contributed by atoms with van der Waals surface area (Å²) in [5.74, 6) is -0.143. The van der Waals surface area contributed by atoms with Gasteiger partial charge in [-0.15, -0.1) is 0 Å². The van der Waals surface area contributed by atoms with Gasteiger partial charge in [0.2, 0.25) is 0 Å². The van der Waals surface area contributed by atoms with Gasteiger partial charge in [-0.05, 0) is 43.4 Å². The van der Waals surface area contributed by atoms with Crippen LogP contribution in [0.25, 0.3) is 6.08 Å². The summed E-state index contributed by atoms with van der Waals surface area (Å²) in [6.07, 6.45) is 8.46. The monoisotopic (exact) mass is 190 g/mol.